The predicted octanol–water partition coefficient (Wildman–Crippen LogP) is 3.32. The van der Waals surface area contributed by atoms with Gasteiger partial charge in [0.25, 0.3) is 5.95 Å². The molecule has 1 aromatic heterocycles. The van der Waals surface area contributed by atoms with Crippen molar-refractivity contribution in [2.45, 2.75) is 12.8 Å². The van der Waals surface area contributed by atoms with Gasteiger partial charge in [-0.2, -0.15) is 4.98 Å². The van der Waals surface area contributed by atoms with Crippen molar-refractivity contribution in [2.75, 3.05) is 37.4 Å². The van der Waals surface area contributed by atoms with Gasteiger partial charge in [0, 0.05) is 30.7 Å². The topological polar surface area (TPSA) is 116 Å². The van der Waals surface area contributed by atoms with Crippen LogP contribution in [0.2, 0.25) is 0 Å². The van der Waals surface area contributed by atoms with Gasteiger partial charge in [0.05, 0.1) is 25.3 Å². The highest BCUT2D eigenvalue weighted by Crippen LogP contribution is 2.29. The van der Waals surface area contributed by atoms with E-state index in [-0.39, 0.29) is 18.0 Å². The molecule has 3 aliphatic rings. The number of aromatic nitrogens is 2. The van der Waals surface area contributed by atoms with Gasteiger partial charge in [-0.15, -0.1) is 0 Å². The number of carbonyl (C=O) groups excluding carboxylic acids is 2. The Morgan fingerprint density at radius 2 is 2.09 bits per heavy atom. The van der Waals surface area contributed by atoms with Crippen molar-refractivity contribution in [1.29, 1.82) is 0 Å². The van der Waals surface area contributed by atoms with Crippen molar-refractivity contribution >= 4 is 29.4 Å². The quantitative estimate of drug-likeness (QED) is 0.730. The number of anilines is 3. The average molecular weight is 449 g/mol. The van der Waals surface area contributed by atoms with Gasteiger partial charge in [0.2, 0.25) is 5.89 Å². The highest BCUT2D eigenvalue weighted by Gasteiger charge is 2.36. The van der Waals surface area contributed by atoms with Crippen molar-refractivity contribution in [3.63, 3.8) is 0 Å². The molecule has 0 aliphatic carbocycles. The number of fused-ring (bicyclic) bond motifs is 1. The maximum atomic E-state index is 12.9. The molecule has 33 heavy (non-hydrogen) atoms. The summed E-state index contributed by atoms with van der Waals surface area (Å²) in [5, 5.41) is 13.5. The van der Waals surface area contributed by atoms with Gasteiger partial charge in [0.15, 0.2) is 0 Å². The Balaban J connectivity index is 1.22. The molecule has 1 aromatic carbocycles. The smallest absolute Gasteiger partial charge is 0.409 e. The maximum absolute atomic E-state index is 12.9. The van der Waals surface area contributed by atoms with Crippen LogP contribution < -0.4 is 10.6 Å². The first-order valence-corrected chi connectivity index (χ1v) is 10.5. The maximum Gasteiger partial charge on any atom is 0.409 e. The van der Waals surface area contributed by atoms with Gasteiger partial charge in [-0.3, -0.25) is 5.01 Å². The molecule has 11 nitrogen and oxygen atoms in total. The monoisotopic (exact) mass is 449 g/mol. The van der Waals surface area contributed by atoms with E-state index >= 15 is 0 Å². The van der Waals surface area contributed by atoms with Crippen LogP contribution in [0.1, 0.15) is 17.4 Å². The Labute approximate surface area is 189 Å². The van der Waals surface area contributed by atoms with Gasteiger partial charge in [-0.05, 0) is 48.0 Å². The van der Waals surface area contributed by atoms with Crippen molar-refractivity contribution in [3.8, 4) is 0 Å². The number of nitrogens with zero attached hydrogens (tertiary/aromatic N) is 5. The number of hydrazine groups is 1. The van der Waals surface area contributed by atoms with E-state index in [0.29, 0.717) is 42.8 Å². The van der Waals surface area contributed by atoms with Crippen LogP contribution in [-0.2, 0) is 4.74 Å². The van der Waals surface area contributed by atoms with Crippen LogP contribution in [-0.4, -0.2) is 63.9 Å². The second-order valence-corrected chi connectivity index (χ2v) is 7.87. The Hall–Kier alpha value is -4.28. The highest BCUT2D eigenvalue weighted by molar-refractivity contribution is 5.91. The number of benzene rings is 1. The molecule has 170 valence electrons. The van der Waals surface area contributed by atoms with E-state index in [1.807, 2.05) is 60.6 Å². The minimum atomic E-state index is -0.368. The zero-order valence-corrected chi connectivity index (χ0v) is 18.2. The number of amides is 3. The van der Waals surface area contributed by atoms with Gasteiger partial charge in [-0.1, -0.05) is 12.1 Å². The number of allylic oxidation sites excluding steroid dienone is 3. The van der Waals surface area contributed by atoms with Gasteiger partial charge in [0.1, 0.15) is 0 Å². The van der Waals surface area contributed by atoms with Crippen LogP contribution >= 0.6 is 0 Å². The van der Waals surface area contributed by atoms with Crippen molar-refractivity contribution in [3.05, 3.63) is 65.9 Å². The summed E-state index contributed by atoms with van der Waals surface area (Å²) in [7, 11) is 1.35. The molecule has 0 spiro atoms. The highest BCUT2D eigenvalue weighted by atomic mass is 16.5. The second-order valence-electron chi connectivity index (χ2n) is 7.87. The number of hydrogen-bond donors (Lipinski definition) is 2. The van der Waals surface area contributed by atoms with Crippen LogP contribution in [0.25, 0.3) is 0 Å². The SMILES string of the molecule is COC(=O)N1CC(c2nc(Nc3ccc(C)c(NC(=O)N4CC=C5C=CC=CN54)c3)no2)C1. The normalized spacial score (nSPS) is 16.9. The first kappa shape index (κ1) is 20.6. The van der Waals surface area contributed by atoms with E-state index in [1.165, 1.54) is 7.11 Å². The minimum Gasteiger partial charge on any atom is -0.453 e. The fourth-order valence-corrected chi connectivity index (χ4v) is 3.79. The molecular weight excluding hydrogens is 426 g/mol. The van der Waals surface area contributed by atoms with E-state index in [0.717, 1.165) is 11.3 Å². The number of rotatable bonds is 4. The number of likely N-dealkylation sites (tertiary alicyclic amines) is 1. The predicted molar refractivity (Wildman–Crippen MR) is 119 cm³/mol. The third kappa shape index (κ3) is 4.00. The van der Waals surface area contributed by atoms with Crippen molar-refractivity contribution in [1.82, 2.24) is 25.1 Å². The summed E-state index contributed by atoms with van der Waals surface area (Å²) in [4.78, 5) is 30.3. The Kier molecular flexibility index (Phi) is 5.21. The second kappa shape index (κ2) is 8.34. The van der Waals surface area contributed by atoms with E-state index in [4.69, 9.17) is 9.26 Å². The summed E-state index contributed by atoms with van der Waals surface area (Å²) < 4.78 is 10.0. The van der Waals surface area contributed by atoms with Crippen LogP contribution in [0, 0.1) is 6.92 Å². The summed E-state index contributed by atoms with van der Waals surface area (Å²) in [6.45, 7) is 3.37. The third-order valence-electron chi connectivity index (χ3n) is 5.68. The molecule has 3 amide bonds. The number of methoxy groups -OCH3 is 1. The van der Waals surface area contributed by atoms with E-state index in [2.05, 4.69) is 20.8 Å². The van der Waals surface area contributed by atoms with Crippen LogP contribution in [0.4, 0.5) is 26.9 Å². The largest absolute Gasteiger partial charge is 0.453 e. The van der Waals surface area contributed by atoms with Crippen LogP contribution in [0.5, 0.6) is 0 Å². The molecule has 3 aliphatic heterocycles. The molecule has 0 atom stereocenters. The number of carbonyl (C=O) groups is 2. The minimum absolute atomic E-state index is 0.0161. The number of nitrogens with one attached hydrogen (secondary N) is 2. The molecule has 5 rings (SSSR count). The molecule has 0 bridgehead atoms. The molecule has 0 unspecified atom stereocenters. The number of urea groups is 1. The number of aryl methyl sites for hydroxylation is 1. The summed E-state index contributed by atoms with van der Waals surface area (Å²) >= 11 is 0. The lowest BCUT2D eigenvalue weighted by molar-refractivity contribution is 0.0804. The fraction of sp³-hybridized carbons (Fsp3) is 0.273. The number of hydrogen-bond acceptors (Lipinski definition) is 8. The zero-order valence-electron chi connectivity index (χ0n) is 18.2. The molecule has 4 heterocycles. The Bertz CT molecular complexity index is 1180. The summed E-state index contributed by atoms with van der Waals surface area (Å²) in [5.74, 6) is 0.748. The zero-order chi connectivity index (χ0) is 22.9. The summed E-state index contributed by atoms with van der Waals surface area (Å²) in [6, 6.07) is 5.36. The molecule has 1 saturated heterocycles. The Morgan fingerprint density at radius 1 is 1.24 bits per heavy atom. The van der Waals surface area contributed by atoms with E-state index < -0.39 is 0 Å². The lowest BCUT2D eigenvalue weighted by Crippen LogP contribution is -2.48. The molecule has 2 aromatic rings. The van der Waals surface area contributed by atoms with Crippen LogP contribution in [0.3, 0.4) is 0 Å². The van der Waals surface area contributed by atoms with Gasteiger partial charge >= 0.3 is 12.1 Å². The lowest BCUT2D eigenvalue weighted by Gasteiger charge is -2.35. The van der Waals surface area contributed by atoms with Crippen molar-refractivity contribution in [2.24, 2.45) is 0 Å². The summed E-state index contributed by atoms with van der Waals surface area (Å²) in [5.41, 5.74) is 3.26. The summed E-state index contributed by atoms with van der Waals surface area (Å²) in [6.07, 6.45) is 9.25. The van der Waals surface area contributed by atoms with Crippen molar-refractivity contribution < 1.29 is 18.8 Å². The lowest BCUT2D eigenvalue weighted by atomic mass is 10.0. The van der Waals surface area contributed by atoms with E-state index in [9.17, 15) is 9.59 Å². The first-order valence-electron chi connectivity index (χ1n) is 10.5. The molecule has 11 heteroatoms. The Morgan fingerprint density at radius 3 is 2.91 bits per heavy atom. The standard InChI is InChI=1S/C22H23N7O4/c1-14-6-7-16(23-20-25-19(33-26-20)15-12-27(13-15)22(31)32-2)11-18(14)24-21(30)29-10-8-17-5-3-4-9-28(17)29/h3-9,11,15H,10,12-13H2,1-2H3,(H,23,26)(H,24,30). The van der Waals surface area contributed by atoms with E-state index in [1.54, 1.807) is 9.91 Å². The molecule has 0 saturated carbocycles. The molecule has 0 radical (unpaired) electrons. The first-order chi connectivity index (χ1) is 16.0. The van der Waals surface area contributed by atoms with Crippen LogP contribution in [0.15, 0.2) is 58.9 Å². The fourth-order valence-electron chi connectivity index (χ4n) is 3.79. The molecule has 2 N–H and O–H groups in total. The molecular formula is C22H23N7O4. The van der Waals surface area contributed by atoms with Gasteiger partial charge in [-0.25, -0.2) is 14.6 Å². The van der Waals surface area contributed by atoms with Gasteiger partial charge < -0.3 is 24.8 Å². The third-order valence-corrected chi connectivity index (χ3v) is 5.68. The number of ether oxygens (including phenoxy) is 1. The average Bonchev–Trinajstić information content (AvgIpc) is 3.42. The molecule has 1 fully saturated rings.